The average Bonchev–Trinajstić information content (AvgIpc) is 3.39. The number of amides is 1. The van der Waals surface area contributed by atoms with Crippen LogP contribution in [0.15, 0.2) is 77.3 Å². The summed E-state index contributed by atoms with van der Waals surface area (Å²) in [4.78, 5) is 21.3. The van der Waals surface area contributed by atoms with E-state index >= 15 is 0 Å². The highest BCUT2D eigenvalue weighted by molar-refractivity contribution is 7.09. The van der Waals surface area contributed by atoms with Gasteiger partial charge in [-0.15, -0.1) is 11.3 Å². The first-order valence-electron chi connectivity index (χ1n) is 8.58. The van der Waals surface area contributed by atoms with Crippen LogP contribution in [0.2, 0.25) is 0 Å². The molecule has 0 aliphatic carbocycles. The van der Waals surface area contributed by atoms with E-state index in [0.717, 1.165) is 16.2 Å². The maximum absolute atomic E-state index is 13.3. The largest absolute Gasteiger partial charge is 0.382 e. The lowest BCUT2D eigenvalue weighted by atomic mass is 10.0. The summed E-state index contributed by atoms with van der Waals surface area (Å²) in [5, 5.41) is 6.07. The van der Waals surface area contributed by atoms with Gasteiger partial charge in [-0.1, -0.05) is 41.6 Å². The van der Waals surface area contributed by atoms with E-state index in [1.165, 1.54) is 12.1 Å². The molecule has 0 bridgehead atoms. The number of hydrogen-bond donors (Lipinski definition) is 0. The van der Waals surface area contributed by atoms with Crippen molar-refractivity contribution in [3.63, 3.8) is 0 Å². The smallest absolute Gasteiger partial charge is 0.271 e. The van der Waals surface area contributed by atoms with Crippen molar-refractivity contribution in [3.8, 4) is 0 Å². The van der Waals surface area contributed by atoms with E-state index < -0.39 is 6.10 Å². The fourth-order valence-corrected chi connectivity index (χ4v) is 3.65. The molecule has 4 rings (SSSR count). The molecule has 136 valence electrons. The van der Waals surface area contributed by atoms with Gasteiger partial charge in [0.15, 0.2) is 0 Å². The number of thiophene rings is 1. The summed E-state index contributed by atoms with van der Waals surface area (Å²) in [6, 6.07) is 19.5. The second-order valence-electron chi connectivity index (χ2n) is 6.18. The van der Waals surface area contributed by atoms with Crippen LogP contribution in [-0.2, 0) is 16.2 Å². The summed E-state index contributed by atoms with van der Waals surface area (Å²) in [5.74, 6) is -0.529. The van der Waals surface area contributed by atoms with E-state index in [9.17, 15) is 9.18 Å². The Morgan fingerprint density at radius 2 is 1.89 bits per heavy atom. The molecule has 1 aliphatic rings. The normalized spacial score (nSPS) is 15.9. The molecule has 0 saturated carbocycles. The van der Waals surface area contributed by atoms with E-state index in [1.807, 2.05) is 47.8 Å². The Balaban J connectivity index is 1.55. The van der Waals surface area contributed by atoms with Crippen LogP contribution in [0.4, 0.5) is 10.1 Å². The molecule has 1 aliphatic heterocycles. The summed E-state index contributed by atoms with van der Waals surface area (Å²) in [6.45, 7) is 0.405. The zero-order valence-electron chi connectivity index (χ0n) is 14.4. The van der Waals surface area contributed by atoms with E-state index in [0.29, 0.717) is 18.7 Å². The van der Waals surface area contributed by atoms with Gasteiger partial charge in [0.1, 0.15) is 5.82 Å². The minimum absolute atomic E-state index is 0.190. The molecule has 0 saturated heterocycles. The highest BCUT2D eigenvalue weighted by Gasteiger charge is 2.33. The van der Waals surface area contributed by atoms with Gasteiger partial charge < -0.3 is 9.74 Å². The molecule has 3 aromatic rings. The van der Waals surface area contributed by atoms with E-state index in [4.69, 9.17) is 4.84 Å². The molecule has 4 nitrogen and oxygen atoms in total. The summed E-state index contributed by atoms with van der Waals surface area (Å²) < 4.78 is 13.3. The van der Waals surface area contributed by atoms with Gasteiger partial charge in [-0.3, -0.25) is 4.79 Å². The fourth-order valence-electron chi connectivity index (χ4n) is 2.96. The molecule has 0 N–H and O–H groups in total. The number of rotatable bonds is 5. The van der Waals surface area contributed by atoms with Crippen molar-refractivity contribution in [2.24, 2.45) is 5.16 Å². The number of halogens is 1. The molecule has 1 atom stereocenters. The van der Waals surface area contributed by atoms with E-state index in [1.54, 1.807) is 28.4 Å². The lowest BCUT2D eigenvalue weighted by Crippen LogP contribution is -2.39. The van der Waals surface area contributed by atoms with Gasteiger partial charge in [-0.25, -0.2) is 4.39 Å². The van der Waals surface area contributed by atoms with Crippen molar-refractivity contribution in [1.82, 2.24) is 0 Å². The second kappa shape index (κ2) is 7.72. The van der Waals surface area contributed by atoms with Crippen LogP contribution in [0.5, 0.6) is 0 Å². The minimum Gasteiger partial charge on any atom is -0.382 e. The maximum Gasteiger partial charge on any atom is 0.271 e. The van der Waals surface area contributed by atoms with E-state index in [-0.39, 0.29) is 11.7 Å². The first-order valence-corrected chi connectivity index (χ1v) is 9.46. The van der Waals surface area contributed by atoms with Crippen LogP contribution in [0.3, 0.4) is 0 Å². The maximum atomic E-state index is 13.3. The van der Waals surface area contributed by atoms with Crippen LogP contribution in [-0.4, -0.2) is 17.7 Å². The Labute approximate surface area is 160 Å². The highest BCUT2D eigenvalue weighted by atomic mass is 32.1. The van der Waals surface area contributed by atoms with Crippen LogP contribution < -0.4 is 4.90 Å². The number of anilines is 1. The quantitative estimate of drug-likeness (QED) is 0.648. The zero-order valence-corrected chi connectivity index (χ0v) is 15.2. The van der Waals surface area contributed by atoms with Crippen molar-refractivity contribution in [2.45, 2.75) is 19.1 Å². The Morgan fingerprint density at radius 1 is 1.11 bits per heavy atom. The van der Waals surface area contributed by atoms with Gasteiger partial charge in [0.2, 0.25) is 6.10 Å². The molecule has 1 aromatic heterocycles. The van der Waals surface area contributed by atoms with Gasteiger partial charge in [0.05, 0.1) is 12.3 Å². The first-order chi connectivity index (χ1) is 13.2. The first kappa shape index (κ1) is 17.4. The van der Waals surface area contributed by atoms with Gasteiger partial charge in [-0.2, -0.15) is 0 Å². The predicted octanol–water partition coefficient (Wildman–Crippen LogP) is 4.61. The zero-order chi connectivity index (χ0) is 18.6. The Kier molecular flexibility index (Phi) is 4.98. The van der Waals surface area contributed by atoms with Crippen LogP contribution in [0, 0.1) is 5.82 Å². The van der Waals surface area contributed by atoms with Crippen molar-refractivity contribution < 1.29 is 14.0 Å². The molecule has 0 spiro atoms. The van der Waals surface area contributed by atoms with Crippen LogP contribution >= 0.6 is 11.3 Å². The van der Waals surface area contributed by atoms with Gasteiger partial charge in [0, 0.05) is 17.0 Å². The fraction of sp³-hybridized carbons (Fsp3) is 0.143. The summed E-state index contributed by atoms with van der Waals surface area (Å²) >= 11 is 1.57. The monoisotopic (exact) mass is 380 g/mol. The van der Waals surface area contributed by atoms with E-state index in [2.05, 4.69) is 5.16 Å². The van der Waals surface area contributed by atoms with Crippen molar-refractivity contribution in [2.75, 3.05) is 4.90 Å². The minimum atomic E-state index is -0.690. The van der Waals surface area contributed by atoms with Crippen molar-refractivity contribution in [3.05, 3.63) is 88.4 Å². The molecule has 0 unspecified atom stereocenters. The molecule has 2 heterocycles. The number of hydrogen-bond acceptors (Lipinski definition) is 4. The number of carbonyl (C=O) groups excluding carboxylic acids is 1. The van der Waals surface area contributed by atoms with Crippen molar-refractivity contribution >= 4 is 28.6 Å². The van der Waals surface area contributed by atoms with Gasteiger partial charge in [-0.05, 0) is 41.3 Å². The number of carbonyl (C=O) groups is 1. The molecule has 0 fully saturated rings. The molecule has 2 aromatic carbocycles. The molecule has 1 amide bonds. The number of nitrogens with zero attached hydrogens (tertiary/aromatic N) is 2. The standard InChI is InChI=1S/C21H17FN2O2S/c22-16-8-10-17(11-9-16)24(14-18-7-4-12-27-18)21(25)20-13-19(23-26-20)15-5-2-1-3-6-15/h1-12,20H,13-14H2/t20-/m1/s1. The van der Waals surface area contributed by atoms with Crippen LogP contribution in [0.1, 0.15) is 16.9 Å². The third kappa shape index (κ3) is 3.90. The highest BCUT2D eigenvalue weighted by Crippen LogP contribution is 2.25. The summed E-state index contributed by atoms with van der Waals surface area (Å²) in [7, 11) is 0. The predicted molar refractivity (Wildman–Crippen MR) is 104 cm³/mol. The van der Waals surface area contributed by atoms with Gasteiger partial charge >= 0.3 is 0 Å². The lowest BCUT2D eigenvalue weighted by molar-refractivity contribution is -0.128. The summed E-state index contributed by atoms with van der Waals surface area (Å²) in [6.07, 6.45) is -0.282. The molecule has 0 radical (unpaired) electrons. The molecular weight excluding hydrogens is 363 g/mol. The van der Waals surface area contributed by atoms with Crippen molar-refractivity contribution in [1.29, 1.82) is 0 Å². The molecule has 6 heteroatoms. The van der Waals surface area contributed by atoms with Gasteiger partial charge in [0.25, 0.3) is 5.91 Å². The SMILES string of the molecule is O=C([C@H]1CC(c2ccccc2)=NO1)N(Cc1cccs1)c1ccc(F)cc1. The number of benzene rings is 2. The molecular formula is C21H17FN2O2S. The third-order valence-corrected chi connectivity index (χ3v) is 5.21. The number of oxime groups is 1. The summed E-state index contributed by atoms with van der Waals surface area (Å²) in [5.41, 5.74) is 2.33. The van der Waals surface area contributed by atoms with Crippen LogP contribution in [0.25, 0.3) is 0 Å². The Morgan fingerprint density at radius 3 is 2.59 bits per heavy atom. The average molecular weight is 380 g/mol. The second-order valence-corrected chi connectivity index (χ2v) is 7.21. The topological polar surface area (TPSA) is 41.9 Å². The Hall–Kier alpha value is -2.99. The molecule has 27 heavy (non-hydrogen) atoms. The lowest BCUT2D eigenvalue weighted by Gasteiger charge is -2.24. The third-order valence-electron chi connectivity index (χ3n) is 4.35. The Bertz CT molecular complexity index is 940.